The van der Waals surface area contributed by atoms with Crippen LogP contribution in [-0.4, -0.2) is 39.7 Å². The highest BCUT2D eigenvalue weighted by molar-refractivity contribution is 5.92. The van der Waals surface area contributed by atoms with E-state index in [0.717, 1.165) is 5.56 Å². The molecule has 1 aromatic carbocycles. The summed E-state index contributed by atoms with van der Waals surface area (Å²) in [7, 11) is 1.71. The van der Waals surface area contributed by atoms with E-state index in [1.807, 2.05) is 53.2 Å². The van der Waals surface area contributed by atoms with E-state index in [9.17, 15) is 9.90 Å². The third kappa shape index (κ3) is 4.20. The van der Waals surface area contributed by atoms with Crippen LogP contribution in [-0.2, 0) is 6.54 Å². The van der Waals surface area contributed by atoms with Gasteiger partial charge >= 0.3 is 0 Å². The summed E-state index contributed by atoms with van der Waals surface area (Å²) < 4.78 is 1.93. The Balaban J connectivity index is 2.14. The van der Waals surface area contributed by atoms with Gasteiger partial charge < -0.3 is 14.6 Å². The zero-order valence-electron chi connectivity index (χ0n) is 12.8. The summed E-state index contributed by atoms with van der Waals surface area (Å²) in [6.45, 7) is 4.34. The van der Waals surface area contributed by atoms with Crippen molar-refractivity contribution < 1.29 is 9.90 Å². The summed E-state index contributed by atoms with van der Waals surface area (Å²) in [5.74, 6) is -0.0851. The summed E-state index contributed by atoms with van der Waals surface area (Å²) in [5.41, 5.74) is 0.875. The van der Waals surface area contributed by atoms with Crippen molar-refractivity contribution in [3.63, 3.8) is 0 Å². The second-order valence-electron chi connectivity index (χ2n) is 5.98. The Bertz CT molecular complexity index is 597. The molecule has 0 saturated carbocycles. The Morgan fingerprint density at radius 3 is 2.48 bits per heavy atom. The van der Waals surface area contributed by atoms with Crippen molar-refractivity contribution >= 4 is 5.91 Å². The number of carbonyl (C=O) groups is 1. The van der Waals surface area contributed by atoms with Gasteiger partial charge in [-0.25, -0.2) is 0 Å². The highest BCUT2D eigenvalue weighted by Crippen LogP contribution is 2.12. The number of nitrogens with zero attached hydrogens (tertiary/aromatic N) is 2. The first-order chi connectivity index (χ1) is 9.87. The van der Waals surface area contributed by atoms with Gasteiger partial charge in [-0.1, -0.05) is 30.3 Å². The molecule has 0 spiro atoms. The quantitative estimate of drug-likeness (QED) is 0.917. The molecule has 1 heterocycles. The molecule has 0 unspecified atom stereocenters. The highest BCUT2D eigenvalue weighted by atomic mass is 16.3. The van der Waals surface area contributed by atoms with Crippen LogP contribution in [0.5, 0.6) is 0 Å². The molecule has 1 amide bonds. The SMILES string of the molecule is CN(CC(C)(C)O)C(=O)c1cccn1Cc1ccccc1. The summed E-state index contributed by atoms with van der Waals surface area (Å²) in [4.78, 5) is 14.0. The van der Waals surface area contributed by atoms with Gasteiger partial charge in [0.05, 0.1) is 5.60 Å². The van der Waals surface area contributed by atoms with E-state index >= 15 is 0 Å². The molecular formula is C17H22N2O2. The van der Waals surface area contributed by atoms with Crippen LogP contribution in [0.2, 0.25) is 0 Å². The Morgan fingerprint density at radius 1 is 1.19 bits per heavy atom. The Kier molecular flexibility index (Phi) is 4.48. The van der Waals surface area contributed by atoms with E-state index in [0.29, 0.717) is 18.8 Å². The molecule has 0 aliphatic carbocycles. The van der Waals surface area contributed by atoms with Crippen molar-refractivity contribution in [2.24, 2.45) is 0 Å². The van der Waals surface area contributed by atoms with Crippen LogP contribution in [0.1, 0.15) is 29.9 Å². The Hall–Kier alpha value is -2.07. The van der Waals surface area contributed by atoms with Gasteiger partial charge in [-0.3, -0.25) is 4.79 Å². The molecule has 4 nitrogen and oxygen atoms in total. The van der Waals surface area contributed by atoms with E-state index in [1.165, 1.54) is 0 Å². The van der Waals surface area contributed by atoms with Gasteiger partial charge in [0.2, 0.25) is 0 Å². The smallest absolute Gasteiger partial charge is 0.270 e. The van der Waals surface area contributed by atoms with E-state index < -0.39 is 5.60 Å². The van der Waals surface area contributed by atoms with Crippen LogP contribution in [0.15, 0.2) is 48.7 Å². The second kappa shape index (κ2) is 6.14. The number of hydrogen-bond donors (Lipinski definition) is 1. The summed E-state index contributed by atoms with van der Waals surface area (Å²) in [5, 5.41) is 9.84. The van der Waals surface area contributed by atoms with Crippen LogP contribution >= 0.6 is 0 Å². The van der Waals surface area contributed by atoms with Crippen LogP contribution in [0.4, 0.5) is 0 Å². The maximum Gasteiger partial charge on any atom is 0.270 e. The van der Waals surface area contributed by atoms with Crippen molar-refractivity contribution in [3.05, 3.63) is 59.9 Å². The predicted octanol–water partition coefficient (Wildman–Crippen LogP) is 2.38. The molecule has 0 aliphatic heterocycles. The largest absolute Gasteiger partial charge is 0.389 e. The third-order valence-electron chi connectivity index (χ3n) is 3.22. The molecule has 4 heteroatoms. The molecule has 21 heavy (non-hydrogen) atoms. The number of aliphatic hydroxyl groups is 1. The van der Waals surface area contributed by atoms with Crippen molar-refractivity contribution in [2.75, 3.05) is 13.6 Å². The molecule has 0 atom stereocenters. The number of carbonyl (C=O) groups excluding carboxylic acids is 1. The average molecular weight is 286 g/mol. The zero-order chi connectivity index (χ0) is 15.5. The maximum atomic E-state index is 12.5. The van der Waals surface area contributed by atoms with Crippen LogP contribution in [0.3, 0.4) is 0 Å². The highest BCUT2D eigenvalue weighted by Gasteiger charge is 2.22. The molecule has 0 bridgehead atoms. The lowest BCUT2D eigenvalue weighted by Gasteiger charge is -2.26. The molecule has 2 aromatic rings. The number of hydrogen-bond acceptors (Lipinski definition) is 2. The predicted molar refractivity (Wildman–Crippen MR) is 83.2 cm³/mol. The minimum absolute atomic E-state index is 0.0851. The summed E-state index contributed by atoms with van der Waals surface area (Å²) >= 11 is 0. The van der Waals surface area contributed by atoms with E-state index in [2.05, 4.69) is 0 Å². The van der Waals surface area contributed by atoms with Gasteiger partial charge in [0.25, 0.3) is 5.91 Å². The number of rotatable bonds is 5. The lowest BCUT2D eigenvalue weighted by Crippen LogP contribution is -2.40. The molecule has 0 aliphatic rings. The molecule has 0 saturated heterocycles. The molecule has 0 fully saturated rings. The fourth-order valence-corrected chi connectivity index (χ4v) is 2.37. The minimum Gasteiger partial charge on any atom is -0.389 e. The minimum atomic E-state index is -0.902. The van der Waals surface area contributed by atoms with E-state index in [4.69, 9.17) is 0 Å². The van der Waals surface area contributed by atoms with Gasteiger partial charge in [-0.15, -0.1) is 0 Å². The number of aromatic nitrogens is 1. The summed E-state index contributed by atoms with van der Waals surface area (Å²) in [6, 6.07) is 13.7. The molecule has 112 valence electrons. The first-order valence-corrected chi connectivity index (χ1v) is 7.04. The molecular weight excluding hydrogens is 264 g/mol. The van der Waals surface area contributed by atoms with Gasteiger partial charge in [-0.2, -0.15) is 0 Å². The second-order valence-corrected chi connectivity index (χ2v) is 5.98. The van der Waals surface area contributed by atoms with Crippen LogP contribution in [0.25, 0.3) is 0 Å². The van der Waals surface area contributed by atoms with E-state index in [-0.39, 0.29) is 5.91 Å². The standard InChI is InChI=1S/C17H22N2O2/c1-17(2,21)13-18(3)16(20)15-10-7-11-19(15)12-14-8-5-4-6-9-14/h4-11,21H,12-13H2,1-3H3. The number of likely N-dealkylation sites (N-methyl/N-ethyl adjacent to an activating group) is 1. The van der Waals surface area contributed by atoms with E-state index in [1.54, 1.807) is 25.8 Å². The normalized spacial score (nSPS) is 11.4. The summed E-state index contributed by atoms with van der Waals surface area (Å²) in [6.07, 6.45) is 1.90. The monoisotopic (exact) mass is 286 g/mol. The molecule has 1 N–H and O–H groups in total. The fourth-order valence-electron chi connectivity index (χ4n) is 2.37. The van der Waals surface area contributed by atoms with Gasteiger partial charge in [0.15, 0.2) is 0 Å². The number of amides is 1. The average Bonchev–Trinajstić information content (AvgIpc) is 2.85. The zero-order valence-corrected chi connectivity index (χ0v) is 12.8. The topological polar surface area (TPSA) is 45.5 Å². The Morgan fingerprint density at radius 2 is 1.86 bits per heavy atom. The fraction of sp³-hybridized carbons (Fsp3) is 0.353. The van der Waals surface area contributed by atoms with Crippen molar-refractivity contribution in [1.29, 1.82) is 0 Å². The molecule has 2 rings (SSSR count). The van der Waals surface area contributed by atoms with Gasteiger partial charge in [0.1, 0.15) is 5.69 Å². The van der Waals surface area contributed by atoms with Crippen molar-refractivity contribution in [1.82, 2.24) is 9.47 Å². The lowest BCUT2D eigenvalue weighted by molar-refractivity contribution is 0.0362. The lowest BCUT2D eigenvalue weighted by atomic mass is 10.1. The van der Waals surface area contributed by atoms with Crippen molar-refractivity contribution in [3.8, 4) is 0 Å². The first-order valence-electron chi connectivity index (χ1n) is 7.04. The molecule has 1 aromatic heterocycles. The third-order valence-corrected chi connectivity index (χ3v) is 3.22. The maximum absolute atomic E-state index is 12.5. The van der Waals surface area contributed by atoms with Crippen molar-refractivity contribution in [2.45, 2.75) is 26.0 Å². The number of benzene rings is 1. The van der Waals surface area contributed by atoms with Crippen LogP contribution < -0.4 is 0 Å². The van der Waals surface area contributed by atoms with Gasteiger partial charge in [-0.05, 0) is 31.5 Å². The van der Waals surface area contributed by atoms with Gasteiger partial charge in [0, 0.05) is 26.3 Å². The van der Waals surface area contributed by atoms with Crippen LogP contribution in [0, 0.1) is 0 Å². The first kappa shape index (κ1) is 15.3. The Labute approximate surface area is 125 Å². The molecule has 0 radical (unpaired) electrons.